The number of hydrogen-bond acceptors (Lipinski definition) is 5. The summed E-state index contributed by atoms with van der Waals surface area (Å²) in [5.74, 6) is 1.73. The normalized spacial score (nSPS) is 16.2. The third-order valence-electron chi connectivity index (χ3n) is 5.23. The van der Waals surface area contributed by atoms with Gasteiger partial charge in [0.1, 0.15) is 11.6 Å². The van der Waals surface area contributed by atoms with Gasteiger partial charge in [-0.2, -0.15) is 0 Å². The summed E-state index contributed by atoms with van der Waals surface area (Å²) < 4.78 is 5.37. The van der Waals surface area contributed by atoms with Gasteiger partial charge in [0.05, 0.1) is 29.9 Å². The molecule has 0 saturated carbocycles. The number of rotatable bonds is 5. The van der Waals surface area contributed by atoms with Crippen molar-refractivity contribution in [1.82, 2.24) is 14.9 Å². The van der Waals surface area contributed by atoms with Crippen LogP contribution in [0.5, 0.6) is 5.75 Å². The van der Waals surface area contributed by atoms with Crippen LogP contribution >= 0.6 is 11.6 Å². The summed E-state index contributed by atoms with van der Waals surface area (Å²) in [5.41, 5.74) is 3.24. The Bertz CT molecular complexity index is 1060. The molecule has 1 saturated heterocycles. The van der Waals surface area contributed by atoms with Gasteiger partial charge in [0.25, 0.3) is 5.91 Å². The lowest BCUT2D eigenvalue weighted by Gasteiger charge is -2.19. The van der Waals surface area contributed by atoms with Gasteiger partial charge in [0.2, 0.25) is 0 Å². The number of carbonyl (C=O) groups excluding carboxylic acids is 1. The number of aromatic nitrogens is 2. The number of benzene rings is 2. The van der Waals surface area contributed by atoms with Crippen LogP contribution in [0.25, 0.3) is 11.0 Å². The minimum absolute atomic E-state index is 0.0235. The molecule has 1 amide bonds. The average molecular weight is 411 g/mol. The predicted octanol–water partition coefficient (Wildman–Crippen LogP) is 4.17. The van der Waals surface area contributed by atoms with Gasteiger partial charge in [-0.3, -0.25) is 9.78 Å². The Kier molecular flexibility index (Phi) is 5.53. The third-order valence-corrected chi connectivity index (χ3v) is 5.47. The van der Waals surface area contributed by atoms with Crippen LogP contribution in [-0.4, -0.2) is 47.5 Å². The zero-order valence-corrected chi connectivity index (χ0v) is 17.2. The summed E-state index contributed by atoms with van der Waals surface area (Å²) in [6.07, 6.45) is 2.66. The van der Waals surface area contributed by atoms with Crippen LogP contribution in [0.2, 0.25) is 5.02 Å². The quantitative estimate of drug-likeness (QED) is 0.683. The lowest BCUT2D eigenvalue weighted by atomic mass is 10.1. The first-order chi connectivity index (χ1) is 14.0. The molecule has 6 nitrogen and oxygen atoms in total. The molecule has 1 aliphatic heterocycles. The van der Waals surface area contributed by atoms with Crippen molar-refractivity contribution in [3.8, 4) is 5.75 Å². The summed E-state index contributed by atoms with van der Waals surface area (Å²) >= 11 is 5.99. The molecule has 29 heavy (non-hydrogen) atoms. The van der Waals surface area contributed by atoms with E-state index in [0.717, 1.165) is 41.9 Å². The van der Waals surface area contributed by atoms with E-state index in [4.69, 9.17) is 16.3 Å². The number of fused-ring (bicyclic) bond motifs is 1. The first-order valence-corrected chi connectivity index (χ1v) is 10.0. The van der Waals surface area contributed by atoms with Gasteiger partial charge in [0.15, 0.2) is 0 Å². The number of nitrogens with zero attached hydrogens (tertiary/aromatic N) is 3. The van der Waals surface area contributed by atoms with E-state index in [2.05, 4.69) is 15.3 Å². The van der Waals surface area contributed by atoms with Crippen molar-refractivity contribution in [1.29, 1.82) is 0 Å². The van der Waals surface area contributed by atoms with Crippen molar-refractivity contribution in [2.75, 3.05) is 32.1 Å². The zero-order valence-electron chi connectivity index (χ0n) is 16.5. The highest BCUT2D eigenvalue weighted by molar-refractivity contribution is 6.31. The maximum atomic E-state index is 13.0. The molecule has 1 atom stereocenters. The minimum Gasteiger partial charge on any atom is -0.496 e. The van der Waals surface area contributed by atoms with Crippen molar-refractivity contribution < 1.29 is 9.53 Å². The van der Waals surface area contributed by atoms with E-state index in [0.29, 0.717) is 28.8 Å². The van der Waals surface area contributed by atoms with Crippen molar-refractivity contribution >= 4 is 34.4 Å². The smallest absolute Gasteiger partial charge is 0.257 e. The first-order valence-electron chi connectivity index (χ1n) is 9.63. The number of likely N-dealkylation sites (tertiary alicyclic amines) is 1. The fraction of sp³-hybridized carbons (Fsp3) is 0.318. The average Bonchev–Trinajstić information content (AvgIpc) is 3.20. The molecule has 0 radical (unpaired) electrons. The number of hydrogen-bond donors (Lipinski definition) is 1. The molecule has 0 aliphatic carbocycles. The van der Waals surface area contributed by atoms with E-state index in [9.17, 15) is 4.79 Å². The lowest BCUT2D eigenvalue weighted by molar-refractivity contribution is 0.0784. The molecule has 2 heterocycles. The fourth-order valence-corrected chi connectivity index (χ4v) is 3.83. The van der Waals surface area contributed by atoms with Gasteiger partial charge in [-0.25, -0.2) is 4.98 Å². The summed E-state index contributed by atoms with van der Waals surface area (Å²) in [4.78, 5) is 23.9. The second kappa shape index (κ2) is 8.25. The molecule has 0 spiro atoms. The molecule has 1 fully saturated rings. The Morgan fingerprint density at radius 1 is 1.28 bits per heavy atom. The van der Waals surface area contributed by atoms with E-state index < -0.39 is 0 Å². The number of carbonyl (C=O) groups is 1. The first kappa shape index (κ1) is 19.5. The minimum atomic E-state index is 0.0235. The highest BCUT2D eigenvalue weighted by Gasteiger charge is 2.28. The van der Waals surface area contributed by atoms with Gasteiger partial charge in [0, 0.05) is 24.7 Å². The van der Waals surface area contributed by atoms with Crippen LogP contribution in [0.4, 0.5) is 5.82 Å². The summed E-state index contributed by atoms with van der Waals surface area (Å²) in [6.45, 7) is 4.16. The highest BCUT2D eigenvalue weighted by atomic mass is 35.5. The lowest BCUT2D eigenvalue weighted by Crippen LogP contribution is -2.30. The Balaban J connectivity index is 1.38. The van der Waals surface area contributed by atoms with Crippen molar-refractivity contribution in [3.05, 3.63) is 58.7 Å². The largest absolute Gasteiger partial charge is 0.496 e. The molecule has 1 unspecified atom stereocenters. The third kappa shape index (κ3) is 4.27. The van der Waals surface area contributed by atoms with Gasteiger partial charge < -0.3 is 15.0 Å². The molecule has 4 rings (SSSR count). The monoisotopic (exact) mass is 410 g/mol. The highest BCUT2D eigenvalue weighted by Crippen LogP contribution is 2.25. The van der Waals surface area contributed by atoms with Crippen molar-refractivity contribution in [2.24, 2.45) is 5.92 Å². The number of halogens is 1. The van der Waals surface area contributed by atoms with Crippen LogP contribution in [0.15, 0.2) is 42.6 Å². The Morgan fingerprint density at radius 2 is 2.14 bits per heavy atom. The van der Waals surface area contributed by atoms with E-state index >= 15 is 0 Å². The number of aryl methyl sites for hydroxylation is 1. The van der Waals surface area contributed by atoms with Crippen LogP contribution in [0.3, 0.4) is 0 Å². The summed E-state index contributed by atoms with van der Waals surface area (Å²) in [5, 5.41) is 4.00. The van der Waals surface area contributed by atoms with Crippen LogP contribution in [0.1, 0.15) is 22.3 Å². The second-order valence-corrected chi connectivity index (χ2v) is 7.82. The summed E-state index contributed by atoms with van der Waals surface area (Å²) in [7, 11) is 1.59. The van der Waals surface area contributed by atoms with Crippen LogP contribution in [-0.2, 0) is 0 Å². The van der Waals surface area contributed by atoms with Gasteiger partial charge in [-0.05, 0) is 49.6 Å². The molecular formula is C22H23ClN4O2. The molecule has 3 aromatic rings. The Labute approximate surface area is 174 Å². The number of amides is 1. The van der Waals surface area contributed by atoms with E-state index in [-0.39, 0.29) is 5.91 Å². The predicted molar refractivity (Wildman–Crippen MR) is 115 cm³/mol. The molecular weight excluding hydrogens is 388 g/mol. The standard InChI is InChI=1S/C22H23ClN4O2/c1-14-3-6-20(29-2)17(9-14)22(28)27-8-7-15(13-27)11-25-21-12-24-19-10-16(23)4-5-18(19)26-21/h3-6,9-10,12,15H,7-8,11,13H2,1-2H3,(H,25,26). The van der Waals surface area contributed by atoms with E-state index in [1.54, 1.807) is 19.4 Å². The van der Waals surface area contributed by atoms with E-state index in [1.165, 1.54) is 0 Å². The van der Waals surface area contributed by atoms with Crippen molar-refractivity contribution in [2.45, 2.75) is 13.3 Å². The molecule has 0 bridgehead atoms. The summed E-state index contributed by atoms with van der Waals surface area (Å²) in [6, 6.07) is 11.2. The van der Waals surface area contributed by atoms with Gasteiger partial charge >= 0.3 is 0 Å². The fourth-order valence-electron chi connectivity index (χ4n) is 3.66. The number of ether oxygens (including phenoxy) is 1. The number of methoxy groups -OCH3 is 1. The topological polar surface area (TPSA) is 67.3 Å². The van der Waals surface area contributed by atoms with Gasteiger partial charge in [-0.1, -0.05) is 23.2 Å². The molecule has 1 aliphatic rings. The van der Waals surface area contributed by atoms with Crippen LogP contribution in [0, 0.1) is 12.8 Å². The molecule has 1 aromatic heterocycles. The number of anilines is 1. The van der Waals surface area contributed by atoms with Crippen LogP contribution < -0.4 is 10.1 Å². The maximum Gasteiger partial charge on any atom is 0.257 e. The molecule has 2 aromatic carbocycles. The number of nitrogens with one attached hydrogen (secondary N) is 1. The zero-order chi connectivity index (χ0) is 20.4. The van der Waals surface area contributed by atoms with Gasteiger partial charge in [-0.15, -0.1) is 0 Å². The Hall–Kier alpha value is -2.86. The molecule has 1 N–H and O–H groups in total. The Morgan fingerprint density at radius 3 is 2.97 bits per heavy atom. The maximum absolute atomic E-state index is 13.0. The van der Waals surface area contributed by atoms with E-state index in [1.807, 2.05) is 42.2 Å². The SMILES string of the molecule is COc1ccc(C)cc1C(=O)N1CCC(CNc2cnc3cc(Cl)ccc3n2)C1. The molecule has 150 valence electrons. The molecule has 7 heteroatoms. The second-order valence-electron chi connectivity index (χ2n) is 7.38. The van der Waals surface area contributed by atoms with Crippen molar-refractivity contribution in [3.63, 3.8) is 0 Å².